The van der Waals surface area contributed by atoms with E-state index in [4.69, 9.17) is 0 Å². The van der Waals surface area contributed by atoms with Crippen LogP contribution in [0.5, 0.6) is 0 Å². The van der Waals surface area contributed by atoms with Crippen molar-refractivity contribution in [2.24, 2.45) is 11.8 Å². The van der Waals surface area contributed by atoms with Gasteiger partial charge < -0.3 is 13.8 Å². The summed E-state index contributed by atoms with van der Waals surface area (Å²) in [5, 5.41) is 0. The van der Waals surface area contributed by atoms with Gasteiger partial charge in [0.1, 0.15) is 0 Å². The van der Waals surface area contributed by atoms with Crippen molar-refractivity contribution in [1.82, 2.24) is 0 Å². The third kappa shape index (κ3) is 23.1. The fraction of sp³-hybridized carbons (Fsp3) is 0.875. The van der Waals surface area contributed by atoms with Crippen molar-refractivity contribution in [1.29, 1.82) is 0 Å². The first-order valence-corrected chi connectivity index (χ1v) is 7.28. The molecule has 0 N–H and O–H groups in total. The van der Waals surface area contributed by atoms with Crippen LogP contribution in [0.25, 0.3) is 0 Å². The molecule has 2 unspecified atom stereocenters. The molecule has 0 aromatic heterocycles. The SMILES string of the molecule is [Ba+2].[CH2-]C(CC)CCCC.[CH2-]C(CC)CCCC. The summed E-state index contributed by atoms with van der Waals surface area (Å²) in [6.45, 7) is 16.8. The van der Waals surface area contributed by atoms with Crippen LogP contribution in [0, 0.1) is 25.7 Å². The number of hydrogen-bond donors (Lipinski definition) is 0. The molecule has 0 amide bonds. The number of hydrogen-bond acceptors (Lipinski definition) is 0. The third-order valence-electron chi connectivity index (χ3n) is 3.09. The summed E-state index contributed by atoms with van der Waals surface area (Å²) in [6, 6.07) is 0. The zero-order valence-electron chi connectivity index (χ0n) is 12.9. The first-order valence-electron chi connectivity index (χ1n) is 7.28. The standard InChI is InChI=1S/2C8H17.Ba/c2*1-4-6-7-8(3)5-2;/h2*8H,3-7H2,1-2H3;/q2*-1;+2. The van der Waals surface area contributed by atoms with Gasteiger partial charge in [0.25, 0.3) is 0 Å². The molecule has 0 saturated carbocycles. The van der Waals surface area contributed by atoms with Crippen LogP contribution in [0.4, 0.5) is 0 Å². The van der Waals surface area contributed by atoms with Crippen LogP contribution in [0.15, 0.2) is 0 Å². The maximum absolute atomic E-state index is 3.99. The van der Waals surface area contributed by atoms with E-state index in [-0.39, 0.29) is 48.9 Å². The van der Waals surface area contributed by atoms with Gasteiger partial charge in [0.05, 0.1) is 0 Å². The second-order valence-corrected chi connectivity index (χ2v) is 4.83. The van der Waals surface area contributed by atoms with Gasteiger partial charge in [0.2, 0.25) is 0 Å². The summed E-state index contributed by atoms with van der Waals surface area (Å²) in [6.07, 6.45) is 10.4. The van der Waals surface area contributed by atoms with Crippen LogP contribution in [0.2, 0.25) is 0 Å². The Morgan fingerprint density at radius 1 is 0.706 bits per heavy atom. The summed E-state index contributed by atoms with van der Waals surface area (Å²) >= 11 is 0. The van der Waals surface area contributed by atoms with Crippen molar-refractivity contribution < 1.29 is 0 Å². The maximum Gasteiger partial charge on any atom is 2.00 e. The zero-order chi connectivity index (χ0) is 12.8. The molecule has 0 bridgehead atoms. The summed E-state index contributed by atoms with van der Waals surface area (Å²) in [5.41, 5.74) is 0. The molecule has 0 radical (unpaired) electrons. The van der Waals surface area contributed by atoms with Crippen molar-refractivity contribution in [3.8, 4) is 0 Å². The average molecular weight is 364 g/mol. The van der Waals surface area contributed by atoms with E-state index in [2.05, 4.69) is 41.5 Å². The van der Waals surface area contributed by atoms with Crippen molar-refractivity contribution in [3.63, 3.8) is 0 Å². The van der Waals surface area contributed by atoms with E-state index in [1.165, 1.54) is 51.4 Å². The molecule has 0 rings (SSSR count). The third-order valence-corrected chi connectivity index (χ3v) is 3.09. The molecule has 0 aliphatic heterocycles. The molecule has 0 nitrogen and oxygen atoms in total. The van der Waals surface area contributed by atoms with Crippen molar-refractivity contribution >= 4 is 48.9 Å². The molecule has 2 atom stereocenters. The Morgan fingerprint density at radius 2 is 1.00 bits per heavy atom. The van der Waals surface area contributed by atoms with Gasteiger partial charge in [-0.25, -0.2) is 0 Å². The van der Waals surface area contributed by atoms with Gasteiger partial charge in [0.15, 0.2) is 0 Å². The predicted molar refractivity (Wildman–Crippen MR) is 83.1 cm³/mol. The van der Waals surface area contributed by atoms with Crippen molar-refractivity contribution in [2.75, 3.05) is 0 Å². The minimum absolute atomic E-state index is 0. The van der Waals surface area contributed by atoms with E-state index in [0.717, 1.165) is 0 Å². The maximum atomic E-state index is 3.99. The molecular weight excluding hydrogens is 330 g/mol. The van der Waals surface area contributed by atoms with Crippen LogP contribution in [0.1, 0.15) is 79.1 Å². The second-order valence-electron chi connectivity index (χ2n) is 4.83. The van der Waals surface area contributed by atoms with Gasteiger partial charge in [-0.15, -0.1) is 0 Å². The molecule has 0 saturated heterocycles. The largest absolute Gasteiger partial charge is 2.00 e. The summed E-state index contributed by atoms with van der Waals surface area (Å²) in [4.78, 5) is 0. The molecule has 0 fully saturated rings. The minimum atomic E-state index is 0. The molecule has 0 aromatic carbocycles. The topological polar surface area (TPSA) is 0 Å². The van der Waals surface area contributed by atoms with Crippen molar-refractivity contribution in [2.45, 2.75) is 79.1 Å². The molecule has 0 aromatic rings. The molecule has 0 aliphatic rings. The fourth-order valence-electron chi connectivity index (χ4n) is 1.39. The van der Waals surface area contributed by atoms with E-state index in [9.17, 15) is 0 Å². The van der Waals surface area contributed by atoms with Crippen LogP contribution in [0.3, 0.4) is 0 Å². The number of unbranched alkanes of at least 4 members (excludes halogenated alkanes) is 2. The minimum Gasteiger partial charge on any atom is -0.340 e. The van der Waals surface area contributed by atoms with E-state index < -0.39 is 0 Å². The van der Waals surface area contributed by atoms with Gasteiger partial charge in [-0.05, 0) is 0 Å². The van der Waals surface area contributed by atoms with Gasteiger partial charge in [-0.1, -0.05) is 79.1 Å². The van der Waals surface area contributed by atoms with E-state index in [0.29, 0.717) is 11.8 Å². The number of rotatable bonds is 8. The average Bonchev–Trinajstić information content (AvgIpc) is 2.33. The van der Waals surface area contributed by atoms with Crippen LogP contribution in [-0.2, 0) is 0 Å². The van der Waals surface area contributed by atoms with E-state index in [1.54, 1.807) is 0 Å². The Labute approximate surface area is 152 Å². The molecule has 1 heteroatoms. The Hall–Kier alpha value is 1.57. The first-order chi connectivity index (χ1) is 7.62. The van der Waals surface area contributed by atoms with Gasteiger partial charge in [0, 0.05) is 0 Å². The molecule has 17 heavy (non-hydrogen) atoms. The molecule has 0 aliphatic carbocycles. The Bertz CT molecular complexity index is 98.1. The monoisotopic (exact) mass is 364 g/mol. The van der Waals surface area contributed by atoms with Gasteiger partial charge >= 0.3 is 48.9 Å². The first kappa shape index (κ1) is 23.6. The fourth-order valence-corrected chi connectivity index (χ4v) is 1.39. The van der Waals surface area contributed by atoms with Gasteiger partial charge in [-0.3, -0.25) is 0 Å². The normalized spacial score (nSPS) is 13.1. The predicted octanol–water partition coefficient (Wildman–Crippen LogP) is 5.69. The van der Waals surface area contributed by atoms with Crippen molar-refractivity contribution in [3.05, 3.63) is 13.8 Å². The summed E-state index contributed by atoms with van der Waals surface area (Å²) in [7, 11) is 0. The smallest absolute Gasteiger partial charge is 0.340 e. The zero-order valence-corrected chi connectivity index (χ0v) is 17.4. The Kier molecular flexibility index (Phi) is 27.7. The second kappa shape index (κ2) is 19.9. The Morgan fingerprint density at radius 3 is 1.18 bits per heavy atom. The van der Waals surface area contributed by atoms with E-state index >= 15 is 0 Å². The van der Waals surface area contributed by atoms with Crippen LogP contribution < -0.4 is 0 Å². The molecule has 0 heterocycles. The Balaban J connectivity index is -0.000000218. The molecule has 100 valence electrons. The van der Waals surface area contributed by atoms with Crippen LogP contribution in [-0.4, -0.2) is 48.9 Å². The van der Waals surface area contributed by atoms with E-state index in [1.807, 2.05) is 0 Å². The van der Waals surface area contributed by atoms with Crippen LogP contribution >= 0.6 is 0 Å². The molecular formula is C16H34Ba. The molecule has 0 spiro atoms. The van der Waals surface area contributed by atoms with Gasteiger partial charge in [-0.2, -0.15) is 11.8 Å². The quantitative estimate of drug-likeness (QED) is 0.383. The summed E-state index contributed by atoms with van der Waals surface area (Å²) < 4.78 is 0. The summed E-state index contributed by atoms with van der Waals surface area (Å²) in [5.74, 6) is 1.41.